The highest BCUT2D eigenvalue weighted by Gasteiger charge is 2.16. The van der Waals surface area contributed by atoms with Crippen LogP contribution in [0.4, 0.5) is 0 Å². The Morgan fingerprint density at radius 2 is 2.00 bits per heavy atom. The van der Waals surface area contributed by atoms with Crippen molar-refractivity contribution in [1.29, 1.82) is 0 Å². The smallest absolute Gasteiger partial charge is 0.166 e. The van der Waals surface area contributed by atoms with E-state index in [2.05, 4.69) is 11.9 Å². The van der Waals surface area contributed by atoms with Gasteiger partial charge in [0.15, 0.2) is 5.78 Å². The summed E-state index contributed by atoms with van der Waals surface area (Å²) in [6.07, 6.45) is 4.94. The molecule has 0 unspecified atom stereocenters. The van der Waals surface area contributed by atoms with Crippen molar-refractivity contribution in [2.45, 2.75) is 32.6 Å². The number of carbonyl (C=O) groups is 1. The molecule has 17 heavy (non-hydrogen) atoms. The van der Waals surface area contributed by atoms with E-state index in [1.54, 1.807) is 6.20 Å². The molecule has 2 heteroatoms. The minimum atomic E-state index is 0.229. The lowest BCUT2D eigenvalue weighted by molar-refractivity contribution is -0.114. The van der Waals surface area contributed by atoms with Gasteiger partial charge in [-0.15, -0.1) is 0 Å². The van der Waals surface area contributed by atoms with Gasteiger partial charge in [0.05, 0.1) is 0 Å². The van der Waals surface area contributed by atoms with Crippen LogP contribution in [0.15, 0.2) is 47.1 Å². The molecule has 2 nitrogen and oxygen atoms in total. The summed E-state index contributed by atoms with van der Waals surface area (Å²) in [5.74, 6) is 0.229. The van der Waals surface area contributed by atoms with Crippen molar-refractivity contribution < 1.29 is 4.79 Å². The Morgan fingerprint density at radius 3 is 2.65 bits per heavy atom. The molecule has 1 aromatic carbocycles. The molecular weight excluding hydrogens is 210 g/mol. The molecule has 0 bridgehead atoms. The number of Topliss-reactive ketones (excluding diaryl/α,β-unsaturated/α-hetero) is 1. The fraction of sp³-hybridized carbons (Fsp3) is 0.333. The van der Waals surface area contributed by atoms with E-state index in [0.29, 0.717) is 12.8 Å². The van der Waals surface area contributed by atoms with Crippen molar-refractivity contribution in [2.24, 2.45) is 4.99 Å². The Labute approximate surface area is 102 Å². The predicted octanol–water partition coefficient (Wildman–Crippen LogP) is 3.33. The normalized spacial score (nSPS) is 15.5. The molecule has 2 rings (SSSR count). The summed E-state index contributed by atoms with van der Waals surface area (Å²) in [7, 11) is 0. The van der Waals surface area contributed by atoms with E-state index in [9.17, 15) is 4.79 Å². The van der Waals surface area contributed by atoms with E-state index >= 15 is 0 Å². The fourth-order valence-corrected chi connectivity index (χ4v) is 1.99. The lowest BCUT2D eigenvalue weighted by Crippen LogP contribution is -2.15. The summed E-state index contributed by atoms with van der Waals surface area (Å²) < 4.78 is 0. The summed E-state index contributed by atoms with van der Waals surface area (Å²) in [5, 5.41) is 0. The molecule has 1 aliphatic heterocycles. The van der Waals surface area contributed by atoms with Crippen LogP contribution in [0.1, 0.15) is 31.7 Å². The van der Waals surface area contributed by atoms with E-state index in [1.165, 1.54) is 5.56 Å². The topological polar surface area (TPSA) is 29.4 Å². The molecule has 0 spiro atoms. The Kier molecular flexibility index (Phi) is 3.86. The first-order chi connectivity index (χ1) is 8.29. The molecule has 0 amide bonds. The van der Waals surface area contributed by atoms with Gasteiger partial charge in [0, 0.05) is 30.3 Å². The predicted molar refractivity (Wildman–Crippen MR) is 70.2 cm³/mol. The van der Waals surface area contributed by atoms with Crippen molar-refractivity contribution >= 4 is 11.5 Å². The first kappa shape index (κ1) is 11.8. The molecule has 0 fully saturated rings. The second-order valence-electron chi connectivity index (χ2n) is 4.36. The standard InChI is InChI=1S/C15H17NO/c1-2-6-14-10-15(17)13(11-16-14)9-12-7-4-3-5-8-12/h3-5,7-8,11H,2,6,9-10H2,1H3. The zero-order valence-corrected chi connectivity index (χ0v) is 10.1. The molecule has 0 radical (unpaired) electrons. The van der Waals surface area contributed by atoms with Crippen LogP contribution in [0, 0.1) is 0 Å². The van der Waals surface area contributed by atoms with Gasteiger partial charge in [0.2, 0.25) is 0 Å². The van der Waals surface area contributed by atoms with Crippen LogP contribution in [0.3, 0.4) is 0 Å². The number of carbonyl (C=O) groups excluding carboxylic acids is 1. The number of nitrogens with zero attached hydrogens (tertiary/aromatic N) is 1. The summed E-state index contributed by atoms with van der Waals surface area (Å²) in [6.45, 7) is 2.11. The highest BCUT2D eigenvalue weighted by atomic mass is 16.1. The quantitative estimate of drug-likeness (QED) is 0.775. The zero-order chi connectivity index (χ0) is 12.1. The minimum Gasteiger partial charge on any atom is -0.294 e. The Hall–Kier alpha value is -1.70. The number of hydrogen-bond donors (Lipinski definition) is 0. The van der Waals surface area contributed by atoms with Crippen molar-refractivity contribution in [3.63, 3.8) is 0 Å². The van der Waals surface area contributed by atoms with Gasteiger partial charge >= 0.3 is 0 Å². The molecule has 0 saturated heterocycles. The molecule has 0 saturated carbocycles. The van der Waals surface area contributed by atoms with Gasteiger partial charge in [-0.1, -0.05) is 43.7 Å². The van der Waals surface area contributed by atoms with Gasteiger partial charge < -0.3 is 0 Å². The lowest BCUT2D eigenvalue weighted by atomic mass is 9.96. The van der Waals surface area contributed by atoms with E-state index < -0.39 is 0 Å². The van der Waals surface area contributed by atoms with E-state index in [0.717, 1.165) is 24.1 Å². The van der Waals surface area contributed by atoms with Crippen LogP contribution in [-0.2, 0) is 11.2 Å². The minimum absolute atomic E-state index is 0.229. The number of aliphatic imine (C=N–C) groups is 1. The molecule has 0 aliphatic carbocycles. The summed E-state index contributed by atoms with van der Waals surface area (Å²) in [4.78, 5) is 16.3. The highest BCUT2D eigenvalue weighted by Crippen LogP contribution is 2.16. The average Bonchev–Trinajstić information content (AvgIpc) is 2.34. The Bertz CT molecular complexity index is 457. The molecule has 1 heterocycles. The van der Waals surface area contributed by atoms with Gasteiger partial charge in [0.25, 0.3) is 0 Å². The number of benzene rings is 1. The molecule has 0 aromatic heterocycles. The first-order valence-corrected chi connectivity index (χ1v) is 6.11. The number of hydrogen-bond acceptors (Lipinski definition) is 2. The highest BCUT2D eigenvalue weighted by molar-refractivity contribution is 6.11. The van der Waals surface area contributed by atoms with Crippen LogP contribution >= 0.6 is 0 Å². The van der Waals surface area contributed by atoms with Crippen LogP contribution in [-0.4, -0.2) is 11.5 Å². The molecule has 1 aromatic rings. The maximum Gasteiger partial charge on any atom is 0.166 e. The summed E-state index contributed by atoms with van der Waals surface area (Å²) >= 11 is 0. The van der Waals surface area contributed by atoms with Crippen LogP contribution in [0.5, 0.6) is 0 Å². The van der Waals surface area contributed by atoms with Gasteiger partial charge in [-0.2, -0.15) is 0 Å². The van der Waals surface area contributed by atoms with Crippen LogP contribution in [0.2, 0.25) is 0 Å². The largest absolute Gasteiger partial charge is 0.294 e. The molecule has 88 valence electrons. The van der Waals surface area contributed by atoms with Gasteiger partial charge in [-0.05, 0) is 12.0 Å². The van der Waals surface area contributed by atoms with E-state index in [4.69, 9.17) is 0 Å². The van der Waals surface area contributed by atoms with Crippen molar-refractivity contribution in [3.05, 3.63) is 47.7 Å². The number of allylic oxidation sites excluding steroid dienone is 1. The first-order valence-electron chi connectivity index (χ1n) is 6.11. The SMILES string of the molecule is CCCC1=NC=C(Cc2ccccc2)C(=O)C1. The fourth-order valence-electron chi connectivity index (χ4n) is 1.99. The number of ketones is 1. The number of rotatable bonds is 4. The summed E-state index contributed by atoms with van der Waals surface area (Å²) in [5.41, 5.74) is 3.02. The van der Waals surface area contributed by atoms with Crippen molar-refractivity contribution in [1.82, 2.24) is 0 Å². The third-order valence-corrected chi connectivity index (χ3v) is 2.90. The second kappa shape index (κ2) is 5.58. The maximum atomic E-state index is 11.9. The molecule has 0 N–H and O–H groups in total. The van der Waals surface area contributed by atoms with E-state index in [1.807, 2.05) is 30.3 Å². The molecule has 1 aliphatic rings. The third kappa shape index (κ3) is 3.13. The van der Waals surface area contributed by atoms with Gasteiger partial charge in [0.1, 0.15) is 0 Å². The Balaban J connectivity index is 2.09. The second-order valence-corrected chi connectivity index (χ2v) is 4.36. The monoisotopic (exact) mass is 227 g/mol. The zero-order valence-electron chi connectivity index (χ0n) is 10.1. The average molecular weight is 227 g/mol. The molecule has 0 atom stereocenters. The maximum absolute atomic E-state index is 11.9. The van der Waals surface area contributed by atoms with Gasteiger partial charge in [-0.3, -0.25) is 9.79 Å². The molecular formula is C15H17NO. The van der Waals surface area contributed by atoms with E-state index in [-0.39, 0.29) is 5.78 Å². The summed E-state index contributed by atoms with van der Waals surface area (Å²) in [6, 6.07) is 10.1. The van der Waals surface area contributed by atoms with Crippen LogP contribution < -0.4 is 0 Å². The van der Waals surface area contributed by atoms with Crippen molar-refractivity contribution in [2.75, 3.05) is 0 Å². The van der Waals surface area contributed by atoms with Crippen molar-refractivity contribution in [3.8, 4) is 0 Å². The van der Waals surface area contributed by atoms with Gasteiger partial charge in [-0.25, -0.2) is 0 Å². The van der Waals surface area contributed by atoms with Crippen LogP contribution in [0.25, 0.3) is 0 Å². The Morgan fingerprint density at radius 1 is 1.24 bits per heavy atom. The third-order valence-electron chi connectivity index (χ3n) is 2.90. The lowest BCUT2D eigenvalue weighted by Gasteiger charge is -2.12.